The van der Waals surface area contributed by atoms with Crippen molar-refractivity contribution >= 4 is 0 Å². The van der Waals surface area contributed by atoms with Gasteiger partial charge >= 0.3 is 0 Å². The Morgan fingerprint density at radius 2 is 0.909 bits per heavy atom. The molecule has 0 aliphatic carbocycles. The highest BCUT2D eigenvalue weighted by Crippen LogP contribution is 2.19. The third-order valence-electron chi connectivity index (χ3n) is 6.57. The summed E-state index contributed by atoms with van der Waals surface area (Å²) in [6.07, 6.45) is 14.8. The van der Waals surface area contributed by atoms with E-state index in [1.807, 2.05) is 0 Å². The van der Waals surface area contributed by atoms with Crippen molar-refractivity contribution < 1.29 is 15.3 Å². The monoisotopic (exact) mass is 475 g/mol. The predicted molar refractivity (Wildman–Crippen MR) is 149 cm³/mol. The molecule has 0 aromatic heterocycles. The lowest BCUT2D eigenvalue weighted by molar-refractivity contribution is 0.175. The molecule has 0 rings (SSSR count). The lowest BCUT2D eigenvalue weighted by Gasteiger charge is -2.18. The van der Waals surface area contributed by atoms with Crippen molar-refractivity contribution in [2.24, 2.45) is 35.5 Å². The maximum atomic E-state index is 9.01. The van der Waals surface area contributed by atoms with Gasteiger partial charge in [0.15, 0.2) is 0 Å². The first kappa shape index (κ1) is 37.4. The zero-order valence-electron chi connectivity index (χ0n) is 24.4. The number of aliphatic hydroxyl groups is 3. The molecule has 3 unspecified atom stereocenters. The van der Waals surface area contributed by atoms with Crippen molar-refractivity contribution in [3.05, 3.63) is 0 Å². The van der Waals surface area contributed by atoms with Crippen LogP contribution >= 0.6 is 0 Å². The van der Waals surface area contributed by atoms with Gasteiger partial charge in [0.25, 0.3) is 0 Å². The van der Waals surface area contributed by atoms with Crippen LogP contribution in [0.25, 0.3) is 0 Å². The van der Waals surface area contributed by atoms with Crippen LogP contribution in [0.15, 0.2) is 0 Å². The largest absolute Gasteiger partial charge is 0.396 e. The van der Waals surface area contributed by atoms with Crippen LogP contribution in [0.4, 0.5) is 0 Å². The van der Waals surface area contributed by atoms with E-state index in [0.29, 0.717) is 43.5 Å². The first-order valence-electron chi connectivity index (χ1n) is 14.4. The molecule has 0 radical (unpaired) electrons. The van der Waals surface area contributed by atoms with Crippen LogP contribution in [0.1, 0.15) is 139 Å². The summed E-state index contributed by atoms with van der Waals surface area (Å²) in [6.45, 7) is 21.0. The second-order valence-electron chi connectivity index (χ2n) is 11.3. The van der Waals surface area contributed by atoms with Gasteiger partial charge in [0.1, 0.15) is 0 Å². The fraction of sp³-hybridized carbons (Fsp3) is 1.00. The van der Waals surface area contributed by atoms with Crippen molar-refractivity contribution in [2.45, 2.75) is 139 Å². The van der Waals surface area contributed by atoms with Crippen molar-refractivity contribution in [3.63, 3.8) is 0 Å². The van der Waals surface area contributed by atoms with E-state index < -0.39 is 0 Å². The van der Waals surface area contributed by atoms with E-state index in [1.165, 1.54) is 77.0 Å². The normalized spacial score (nSPS) is 13.9. The Morgan fingerprint density at radius 3 is 1.24 bits per heavy atom. The molecule has 0 aliphatic rings. The van der Waals surface area contributed by atoms with Gasteiger partial charge in [-0.1, -0.05) is 107 Å². The lowest BCUT2D eigenvalue weighted by atomic mass is 9.89. The Morgan fingerprint density at radius 1 is 0.455 bits per heavy atom. The molecule has 0 aromatic carbocycles. The van der Waals surface area contributed by atoms with Gasteiger partial charge < -0.3 is 15.3 Å². The fourth-order valence-corrected chi connectivity index (χ4v) is 3.91. The third kappa shape index (κ3) is 29.8. The molecule has 0 saturated carbocycles. The Kier molecular flexibility index (Phi) is 31.9. The van der Waals surface area contributed by atoms with E-state index in [-0.39, 0.29) is 0 Å². The second-order valence-corrected chi connectivity index (χ2v) is 11.3. The molecule has 33 heavy (non-hydrogen) atoms. The van der Waals surface area contributed by atoms with Gasteiger partial charge in [-0.05, 0) is 67.6 Å². The number of unbranched alkanes of at least 4 members (excludes halogenated alkanes) is 2. The Labute approximate surface area is 210 Å². The molecule has 0 aromatic rings. The number of rotatable bonds is 18. The van der Waals surface area contributed by atoms with E-state index in [0.717, 1.165) is 11.8 Å². The van der Waals surface area contributed by atoms with Gasteiger partial charge in [0, 0.05) is 19.8 Å². The molecule has 3 atom stereocenters. The van der Waals surface area contributed by atoms with Crippen molar-refractivity contribution in [2.75, 3.05) is 19.8 Å². The van der Waals surface area contributed by atoms with Crippen LogP contribution in [0.2, 0.25) is 0 Å². The molecule has 0 bridgehead atoms. The van der Waals surface area contributed by atoms with Gasteiger partial charge in [-0.25, -0.2) is 0 Å². The summed E-state index contributed by atoms with van der Waals surface area (Å²) in [4.78, 5) is 0. The summed E-state index contributed by atoms with van der Waals surface area (Å²) in [5, 5.41) is 26.9. The van der Waals surface area contributed by atoms with E-state index >= 15 is 0 Å². The molecular formula is C30H66O3. The molecule has 3 nitrogen and oxygen atoms in total. The van der Waals surface area contributed by atoms with Crippen LogP contribution in [0.5, 0.6) is 0 Å². The highest BCUT2D eigenvalue weighted by atomic mass is 16.3. The van der Waals surface area contributed by atoms with E-state index in [9.17, 15) is 0 Å². The molecule has 0 heterocycles. The average Bonchev–Trinajstić information content (AvgIpc) is 2.77. The summed E-state index contributed by atoms with van der Waals surface area (Å²) < 4.78 is 0. The molecule has 0 aliphatic heterocycles. The number of hydrogen-bond donors (Lipinski definition) is 3. The van der Waals surface area contributed by atoms with Crippen LogP contribution in [0, 0.1) is 35.5 Å². The van der Waals surface area contributed by atoms with Crippen molar-refractivity contribution in [1.82, 2.24) is 0 Å². The fourth-order valence-electron chi connectivity index (χ4n) is 3.91. The maximum Gasteiger partial charge on any atom is 0.0461 e. The molecular weight excluding hydrogens is 408 g/mol. The first-order chi connectivity index (χ1) is 15.6. The minimum atomic E-state index is 0.352. The van der Waals surface area contributed by atoms with Crippen molar-refractivity contribution in [1.29, 1.82) is 0 Å². The van der Waals surface area contributed by atoms with Gasteiger partial charge in [0.05, 0.1) is 0 Å². The van der Waals surface area contributed by atoms with Gasteiger partial charge in [0.2, 0.25) is 0 Å². The molecule has 3 heteroatoms. The zero-order valence-corrected chi connectivity index (χ0v) is 24.4. The van der Waals surface area contributed by atoms with E-state index in [2.05, 4.69) is 62.3 Å². The standard InChI is InChI=1S/3C10H22O/c1-8(2)5-6-10(7-11)9(3)4;1-4-5-10(8-11)7-6-9(2)3;1-3-5-6-8-10(9-11)7-4-2/h8-11H,5-7H2,1-4H3;9-11H,4-8H2,1-3H3;10-11H,3-9H2,1-2H3. The Bertz CT molecular complexity index is 341. The molecule has 0 amide bonds. The van der Waals surface area contributed by atoms with Crippen LogP contribution in [-0.2, 0) is 0 Å². The number of hydrogen-bond acceptors (Lipinski definition) is 3. The zero-order chi connectivity index (χ0) is 26.1. The highest BCUT2D eigenvalue weighted by Gasteiger charge is 2.12. The van der Waals surface area contributed by atoms with E-state index in [4.69, 9.17) is 15.3 Å². The molecule has 0 saturated heterocycles. The van der Waals surface area contributed by atoms with Crippen LogP contribution in [-0.4, -0.2) is 35.1 Å². The van der Waals surface area contributed by atoms with E-state index in [1.54, 1.807) is 0 Å². The topological polar surface area (TPSA) is 60.7 Å². The van der Waals surface area contributed by atoms with Gasteiger partial charge in [-0.15, -0.1) is 0 Å². The summed E-state index contributed by atoms with van der Waals surface area (Å²) in [5.41, 5.74) is 0. The molecule has 0 fully saturated rings. The number of aliphatic hydroxyl groups excluding tert-OH is 3. The lowest BCUT2D eigenvalue weighted by Crippen LogP contribution is -2.13. The molecule has 3 N–H and O–H groups in total. The highest BCUT2D eigenvalue weighted by molar-refractivity contribution is 4.62. The Hall–Kier alpha value is -0.120. The maximum absolute atomic E-state index is 9.01. The summed E-state index contributed by atoms with van der Waals surface area (Å²) in [7, 11) is 0. The molecule has 0 spiro atoms. The Balaban J connectivity index is -0.000000409. The quantitative estimate of drug-likeness (QED) is 0.174. The first-order valence-corrected chi connectivity index (χ1v) is 14.4. The summed E-state index contributed by atoms with van der Waals surface area (Å²) in [5.74, 6) is 3.81. The summed E-state index contributed by atoms with van der Waals surface area (Å²) in [6, 6.07) is 0. The van der Waals surface area contributed by atoms with Crippen molar-refractivity contribution in [3.8, 4) is 0 Å². The van der Waals surface area contributed by atoms with Crippen LogP contribution < -0.4 is 0 Å². The molecule has 204 valence electrons. The average molecular weight is 475 g/mol. The SMILES string of the molecule is CC(C)CCC(CO)C(C)C.CCCC(CO)CCC(C)C.CCCCCC(CO)CCC. The van der Waals surface area contributed by atoms with Gasteiger partial charge in [-0.3, -0.25) is 0 Å². The van der Waals surface area contributed by atoms with Gasteiger partial charge in [-0.2, -0.15) is 0 Å². The predicted octanol–water partition coefficient (Wildman–Crippen LogP) is 8.49. The second kappa shape index (κ2) is 28.1. The minimum absolute atomic E-state index is 0.352. The van der Waals surface area contributed by atoms with Crippen LogP contribution in [0.3, 0.4) is 0 Å². The summed E-state index contributed by atoms with van der Waals surface area (Å²) >= 11 is 0. The minimum Gasteiger partial charge on any atom is -0.396 e. The third-order valence-corrected chi connectivity index (χ3v) is 6.57. The smallest absolute Gasteiger partial charge is 0.0461 e.